The summed E-state index contributed by atoms with van der Waals surface area (Å²) in [7, 11) is 0. The van der Waals surface area contributed by atoms with Crippen LogP contribution >= 0.6 is 11.6 Å². The Hall–Kier alpha value is -2.98. The highest BCUT2D eigenvalue weighted by atomic mass is 35.5. The molecule has 0 atom stereocenters. The summed E-state index contributed by atoms with van der Waals surface area (Å²) in [5.74, 6) is -0.428. The highest BCUT2D eigenvalue weighted by molar-refractivity contribution is 6.31. The average molecular weight is 426 g/mol. The molecule has 1 fully saturated rings. The Kier molecular flexibility index (Phi) is 5.44. The summed E-state index contributed by atoms with van der Waals surface area (Å²) < 4.78 is 15.9. The van der Waals surface area contributed by atoms with Crippen LogP contribution in [0.1, 0.15) is 47.3 Å². The Morgan fingerprint density at radius 1 is 1.37 bits per heavy atom. The molecule has 3 aromatic rings. The molecule has 154 valence electrons. The van der Waals surface area contributed by atoms with Crippen molar-refractivity contribution in [2.45, 2.75) is 52.1 Å². The van der Waals surface area contributed by atoms with Crippen molar-refractivity contribution >= 4 is 23.2 Å². The number of rotatable bonds is 6. The van der Waals surface area contributed by atoms with Crippen LogP contribution in [0.4, 0.5) is 4.39 Å². The van der Waals surface area contributed by atoms with Crippen molar-refractivity contribution in [2.24, 2.45) is 0 Å². The van der Waals surface area contributed by atoms with Crippen LogP contribution in [-0.2, 0) is 17.8 Å². The van der Waals surface area contributed by atoms with Crippen molar-refractivity contribution in [3.8, 4) is 6.07 Å². The number of fused-ring (bicyclic) bond motifs is 1. The number of nitrogens with zero attached hydrogens (tertiary/aromatic N) is 5. The monoisotopic (exact) mass is 425 g/mol. The maximum absolute atomic E-state index is 14.2. The molecule has 1 aliphatic rings. The van der Waals surface area contributed by atoms with Gasteiger partial charge in [0.15, 0.2) is 5.65 Å². The fourth-order valence-electron chi connectivity index (χ4n) is 3.79. The number of hydrogen-bond donors (Lipinski definition) is 0. The van der Waals surface area contributed by atoms with Gasteiger partial charge in [-0.2, -0.15) is 10.4 Å². The molecule has 0 saturated heterocycles. The van der Waals surface area contributed by atoms with Crippen LogP contribution in [0.15, 0.2) is 24.4 Å². The molecular formula is C22H21ClFN5O. The maximum atomic E-state index is 14.2. The zero-order valence-electron chi connectivity index (χ0n) is 16.8. The zero-order chi connectivity index (χ0) is 21.4. The van der Waals surface area contributed by atoms with Crippen LogP contribution in [0.2, 0.25) is 5.02 Å². The molecule has 1 amide bonds. The first-order valence-electron chi connectivity index (χ1n) is 9.87. The van der Waals surface area contributed by atoms with Gasteiger partial charge in [-0.3, -0.25) is 4.79 Å². The second kappa shape index (κ2) is 8.04. The Morgan fingerprint density at radius 3 is 2.80 bits per heavy atom. The number of carbonyl (C=O) groups is 1. The number of amides is 1. The van der Waals surface area contributed by atoms with E-state index in [1.807, 2.05) is 13.8 Å². The zero-order valence-corrected chi connectivity index (χ0v) is 17.6. The topological polar surface area (TPSA) is 74.3 Å². The molecule has 0 aliphatic heterocycles. The van der Waals surface area contributed by atoms with Crippen LogP contribution in [0.5, 0.6) is 0 Å². The molecule has 1 saturated carbocycles. The van der Waals surface area contributed by atoms with Gasteiger partial charge in [0.25, 0.3) is 0 Å². The number of hydrogen-bond acceptors (Lipinski definition) is 4. The fourth-order valence-corrected chi connectivity index (χ4v) is 4.01. The molecule has 0 unspecified atom stereocenters. The van der Waals surface area contributed by atoms with Crippen LogP contribution in [0.3, 0.4) is 0 Å². The summed E-state index contributed by atoms with van der Waals surface area (Å²) >= 11 is 6.17. The Balaban J connectivity index is 1.54. The molecule has 2 heterocycles. The first-order valence-corrected chi connectivity index (χ1v) is 10.2. The predicted molar refractivity (Wildman–Crippen MR) is 110 cm³/mol. The van der Waals surface area contributed by atoms with Crippen molar-refractivity contribution in [1.29, 1.82) is 5.26 Å². The first-order chi connectivity index (χ1) is 14.4. The van der Waals surface area contributed by atoms with Crippen LogP contribution in [0.25, 0.3) is 5.65 Å². The Bertz CT molecular complexity index is 1160. The van der Waals surface area contributed by atoms with E-state index in [1.54, 1.807) is 21.5 Å². The molecule has 30 heavy (non-hydrogen) atoms. The van der Waals surface area contributed by atoms with Gasteiger partial charge in [0, 0.05) is 34.4 Å². The minimum absolute atomic E-state index is 0.0334. The maximum Gasteiger partial charge on any atom is 0.223 e. The summed E-state index contributed by atoms with van der Waals surface area (Å²) in [6.07, 6.45) is 4.12. The van der Waals surface area contributed by atoms with Crippen molar-refractivity contribution in [3.63, 3.8) is 0 Å². The lowest BCUT2D eigenvalue weighted by Gasteiger charge is -2.24. The summed E-state index contributed by atoms with van der Waals surface area (Å²) in [6, 6.07) is 6.80. The summed E-state index contributed by atoms with van der Waals surface area (Å²) in [5.41, 5.74) is 3.88. The van der Waals surface area contributed by atoms with E-state index in [0.717, 1.165) is 29.8 Å². The van der Waals surface area contributed by atoms with E-state index >= 15 is 0 Å². The lowest BCUT2D eigenvalue weighted by molar-refractivity contribution is -0.132. The lowest BCUT2D eigenvalue weighted by atomic mass is 10.1. The van der Waals surface area contributed by atoms with Gasteiger partial charge in [0.1, 0.15) is 17.4 Å². The molecule has 2 aromatic heterocycles. The largest absolute Gasteiger partial charge is 0.335 e. The molecule has 8 heteroatoms. The molecular weight excluding hydrogens is 405 g/mol. The third kappa shape index (κ3) is 3.75. The molecule has 0 radical (unpaired) electrons. The molecule has 0 bridgehead atoms. The lowest BCUT2D eigenvalue weighted by Crippen LogP contribution is -2.33. The van der Waals surface area contributed by atoms with Gasteiger partial charge in [0.05, 0.1) is 12.7 Å². The standard InChI is InChI=1S/C22H21ClFN5O/c1-13-17(14(2)29-22(27-13)15(10-25)11-26-29)8-9-21(30)28(16-6-7-16)12-18-19(23)4-3-5-20(18)24/h3-5,11,16H,6-9,12H2,1-2H3. The SMILES string of the molecule is Cc1nc2c(C#N)cnn2c(C)c1CCC(=O)N(Cc1c(F)cccc1Cl)C1CC1. The average Bonchev–Trinajstić information content (AvgIpc) is 3.46. The summed E-state index contributed by atoms with van der Waals surface area (Å²) in [6.45, 7) is 3.96. The van der Waals surface area contributed by atoms with Gasteiger partial charge in [-0.1, -0.05) is 17.7 Å². The number of benzene rings is 1. The molecule has 6 nitrogen and oxygen atoms in total. The Labute approximate surface area is 178 Å². The highest BCUT2D eigenvalue weighted by Crippen LogP contribution is 2.31. The van der Waals surface area contributed by atoms with Crippen LogP contribution < -0.4 is 0 Å². The predicted octanol–water partition coefficient (Wildman–Crippen LogP) is 4.13. The van der Waals surface area contributed by atoms with E-state index in [2.05, 4.69) is 16.2 Å². The van der Waals surface area contributed by atoms with Gasteiger partial charge in [-0.15, -0.1) is 0 Å². The van der Waals surface area contributed by atoms with Crippen LogP contribution in [-0.4, -0.2) is 31.4 Å². The minimum atomic E-state index is -0.394. The van der Waals surface area contributed by atoms with Gasteiger partial charge in [-0.05, 0) is 50.8 Å². The van der Waals surface area contributed by atoms with E-state index in [9.17, 15) is 14.4 Å². The van der Waals surface area contributed by atoms with E-state index < -0.39 is 5.82 Å². The number of halogens is 2. The Morgan fingerprint density at radius 2 is 2.13 bits per heavy atom. The first kappa shape index (κ1) is 20.3. The van der Waals surface area contributed by atoms with Crippen molar-refractivity contribution in [2.75, 3.05) is 0 Å². The number of carbonyl (C=O) groups excluding carboxylic acids is 1. The third-order valence-corrected chi connectivity index (χ3v) is 5.97. The smallest absolute Gasteiger partial charge is 0.223 e. The van der Waals surface area contributed by atoms with Gasteiger partial charge in [0.2, 0.25) is 5.91 Å². The number of nitriles is 1. The minimum Gasteiger partial charge on any atom is -0.335 e. The quantitative estimate of drug-likeness (QED) is 0.595. The van der Waals surface area contributed by atoms with Crippen LogP contribution in [0, 0.1) is 31.0 Å². The second-order valence-corrected chi connectivity index (χ2v) is 8.03. The van der Waals surface area contributed by atoms with Crippen molar-refractivity contribution in [3.05, 3.63) is 63.3 Å². The summed E-state index contributed by atoms with van der Waals surface area (Å²) in [4.78, 5) is 19.3. The summed E-state index contributed by atoms with van der Waals surface area (Å²) in [5, 5.41) is 13.8. The molecule has 1 aromatic carbocycles. The van der Waals surface area contributed by atoms with E-state index in [-0.39, 0.29) is 24.9 Å². The normalized spacial score (nSPS) is 13.4. The highest BCUT2D eigenvalue weighted by Gasteiger charge is 2.33. The fraction of sp³-hybridized carbons (Fsp3) is 0.364. The molecule has 0 N–H and O–H groups in total. The van der Waals surface area contributed by atoms with Gasteiger partial charge < -0.3 is 4.90 Å². The molecule has 4 rings (SSSR count). The van der Waals surface area contributed by atoms with Crippen molar-refractivity contribution < 1.29 is 9.18 Å². The van der Waals surface area contributed by atoms with Gasteiger partial charge in [-0.25, -0.2) is 13.9 Å². The van der Waals surface area contributed by atoms with Gasteiger partial charge >= 0.3 is 0 Å². The van der Waals surface area contributed by atoms with Crippen molar-refractivity contribution in [1.82, 2.24) is 19.5 Å². The van der Waals surface area contributed by atoms with E-state index in [0.29, 0.717) is 28.2 Å². The van der Waals surface area contributed by atoms with E-state index in [4.69, 9.17) is 11.6 Å². The van der Waals surface area contributed by atoms with E-state index in [1.165, 1.54) is 12.3 Å². The molecule has 1 aliphatic carbocycles. The number of aromatic nitrogens is 3. The number of aryl methyl sites for hydroxylation is 2. The molecule has 0 spiro atoms. The second-order valence-electron chi connectivity index (χ2n) is 7.62. The third-order valence-electron chi connectivity index (χ3n) is 5.62.